The summed E-state index contributed by atoms with van der Waals surface area (Å²) in [5, 5.41) is 0. The highest BCUT2D eigenvalue weighted by atomic mass is 15.0. The van der Waals surface area contributed by atoms with E-state index in [9.17, 15) is 0 Å². The zero-order chi connectivity index (χ0) is 39.6. The van der Waals surface area contributed by atoms with Gasteiger partial charge < -0.3 is 0 Å². The van der Waals surface area contributed by atoms with Crippen LogP contribution in [0.5, 0.6) is 0 Å². The Morgan fingerprint density at radius 2 is 1.00 bits per heavy atom. The lowest BCUT2D eigenvalue weighted by molar-refractivity contribution is 0.603. The van der Waals surface area contributed by atoms with Gasteiger partial charge in [-0.05, 0) is 73.2 Å². The van der Waals surface area contributed by atoms with E-state index >= 15 is 0 Å². The number of hydrogen-bond donors (Lipinski definition) is 0. The van der Waals surface area contributed by atoms with Gasteiger partial charge >= 0.3 is 0 Å². The van der Waals surface area contributed by atoms with Crippen molar-refractivity contribution in [2.75, 3.05) is 0 Å². The first-order valence-corrected chi connectivity index (χ1v) is 20.5. The average Bonchev–Trinajstić information content (AvgIpc) is 3.61. The normalized spacial score (nSPS) is 17.5. The third-order valence-corrected chi connectivity index (χ3v) is 12.8. The van der Waals surface area contributed by atoms with Gasteiger partial charge in [-0.2, -0.15) is 0 Å². The van der Waals surface area contributed by atoms with E-state index < -0.39 is 10.8 Å². The lowest BCUT2D eigenvalue weighted by Crippen LogP contribution is -2.46. The van der Waals surface area contributed by atoms with Gasteiger partial charge in [-0.15, -0.1) is 0 Å². The number of hydrogen-bond acceptors (Lipinski definition) is 3. The van der Waals surface area contributed by atoms with Crippen LogP contribution in [-0.4, -0.2) is 15.0 Å². The highest BCUT2D eigenvalue weighted by Gasteiger charge is 2.61. The van der Waals surface area contributed by atoms with E-state index in [0.717, 1.165) is 28.9 Å². The standard InChI is InChI=1S/C56H41N3/c1-37(52-57-53(39-22-6-3-7-23-39)59-54(58-52)40-24-8-4-9-25-40)21-20-36-45-38(2)55(46-30-16-12-26-41(46)42-27-13-17-31-47(42)55)50-34-10-5-11-35-51(50)56(45)48-32-18-14-28-43(48)44-29-15-19-33-49(44)56/h3-9,11-37H,2,10H2,1H3/b21-20-,45-36+. The predicted octanol–water partition coefficient (Wildman–Crippen LogP) is 13.1. The van der Waals surface area contributed by atoms with Gasteiger partial charge in [-0.1, -0.05) is 214 Å². The number of benzene rings is 6. The SMILES string of the molecule is C=C1/C(=C\C=C/C(C)c2nc(-c3ccccc3)nc(-c3ccccc3)n2)C2(C3=CC=CCC=C3C13c1ccccc1-c1ccccc13)c1ccccc1-c1ccccc12. The Bertz CT molecular complexity index is 2850. The first-order chi connectivity index (χ1) is 29.1. The van der Waals surface area contributed by atoms with Crippen molar-refractivity contribution in [3.8, 4) is 45.0 Å². The second-order valence-corrected chi connectivity index (χ2v) is 15.8. The molecular formula is C56H41N3. The first kappa shape index (κ1) is 35.0. The van der Waals surface area contributed by atoms with E-state index in [1.54, 1.807) is 0 Å². The summed E-state index contributed by atoms with van der Waals surface area (Å²) in [6.45, 7) is 7.41. The van der Waals surface area contributed by atoms with Crippen molar-refractivity contribution in [3.05, 3.63) is 257 Å². The molecule has 0 amide bonds. The zero-order valence-corrected chi connectivity index (χ0v) is 32.9. The Balaban J connectivity index is 1.15. The Morgan fingerprint density at radius 1 is 0.542 bits per heavy atom. The van der Waals surface area contributed by atoms with Gasteiger partial charge in [-0.3, -0.25) is 0 Å². The molecule has 1 fully saturated rings. The molecule has 3 heteroatoms. The lowest BCUT2D eigenvalue weighted by Gasteiger charge is -2.52. The van der Waals surface area contributed by atoms with Gasteiger partial charge in [-0.25, -0.2) is 15.0 Å². The topological polar surface area (TPSA) is 38.7 Å². The third kappa shape index (κ3) is 5.04. The van der Waals surface area contributed by atoms with Crippen LogP contribution in [0.4, 0.5) is 0 Å². The van der Waals surface area contributed by atoms with Crippen LogP contribution in [0.1, 0.15) is 47.3 Å². The summed E-state index contributed by atoms with van der Waals surface area (Å²) in [4.78, 5) is 15.1. The van der Waals surface area contributed by atoms with Crippen LogP contribution in [0, 0.1) is 0 Å². The van der Waals surface area contributed by atoms with Crippen molar-refractivity contribution >= 4 is 0 Å². The van der Waals surface area contributed by atoms with Crippen LogP contribution in [0.2, 0.25) is 0 Å². The van der Waals surface area contributed by atoms with Crippen molar-refractivity contribution in [2.45, 2.75) is 30.1 Å². The second kappa shape index (κ2) is 13.7. The Labute approximate surface area is 345 Å². The van der Waals surface area contributed by atoms with Gasteiger partial charge in [0.25, 0.3) is 0 Å². The van der Waals surface area contributed by atoms with Crippen molar-refractivity contribution in [1.82, 2.24) is 15.0 Å². The number of allylic oxidation sites excluding steroid dienone is 11. The molecule has 1 atom stereocenters. The monoisotopic (exact) mass is 755 g/mol. The molecular weight excluding hydrogens is 715 g/mol. The molecule has 7 aromatic rings. The summed E-state index contributed by atoms with van der Waals surface area (Å²) in [5.41, 5.74) is 15.9. The number of aromatic nitrogens is 3. The molecule has 2 spiro atoms. The van der Waals surface area contributed by atoms with Gasteiger partial charge in [0.15, 0.2) is 11.6 Å². The Morgan fingerprint density at radius 3 is 1.51 bits per heavy atom. The zero-order valence-electron chi connectivity index (χ0n) is 32.9. The maximum absolute atomic E-state index is 5.24. The van der Waals surface area contributed by atoms with Crippen molar-refractivity contribution in [2.24, 2.45) is 0 Å². The smallest absolute Gasteiger partial charge is 0.163 e. The molecule has 0 saturated heterocycles. The number of fused-ring (bicyclic) bond motifs is 13. The van der Waals surface area contributed by atoms with Crippen LogP contribution in [0.15, 0.2) is 229 Å². The Hall–Kier alpha value is -7.23. The molecule has 0 radical (unpaired) electrons. The third-order valence-electron chi connectivity index (χ3n) is 12.8. The molecule has 1 heterocycles. The molecule has 59 heavy (non-hydrogen) atoms. The molecule has 1 unspecified atom stereocenters. The quantitative estimate of drug-likeness (QED) is 0.176. The van der Waals surface area contributed by atoms with Crippen LogP contribution < -0.4 is 0 Å². The van der Waals surface area contributed by atoms with E-state index in [-0.39, 0.29) is 5.92 Å². The summed E-state index contributed by atoms with van der Waals surface area (Å²) < 4.78 is 0. The van der Waals surface area contributed by atoms with E-state index in [0.29, 0.717) is 11.6 Å². The molecule has 1 aromatic heterocycles. The maximum Gasteiger partial charge on any atom is 0.163 e. The molecule has 1 saturated carbocycles. The molecule has 0 bridgehead atoms. The molecule has 4 aliphatic rings. The minimum absolute atomic E-state index is 0.117. The molecule has 4 aliphatic carbocycles. The summed E-state index contributed by atoms with van der Waals surface area (Å²) in [6, 6.07) is 56.3. The van der Waals surface area contributed by atoms with Gasteiger partial charge in [0.2, 0.25) is 0 Å². The molecule has 0 N–H and O–H groups in total. The fourth-order valence-electron chi connectivity index (χ4n) is 10.4. The van der Waals surface area contributed by atoms with E-state index in [1.807, 2.05) is 36.4 Å². The molecule has 280 valence electrons. The van der Waals surface area contributed by atoms with E-state index in [2.05, 4.69) is 171 Å². The molecule has 11 rings (SSSR count). The van der Waals surface area contributed by atoms with Crippen molar-refractivity contribution < 1.29 is 0 Å². The first-order valence-electron chi connectivity index (χ1n) is 20.5. The fraction of sp³-hybridized carbons (Fsp3) is 0.0893. The number of rotatable bonds is 5. The minimum atomic E-state index is -0.607. The van der Waals surface area contributed by atoms with Crippen LogP contribution in [0.3, 0.4) is 0 Å². The average molecular weight is 756 g/mol. The fourth-order valence-corrected chi connectivity index (χ4v) is 10.4. The number of nitrogens with zero attached hydrogens (tertiary/aromatic N) is 3. The molecule has 3 nitrogen and oxygen atoms in total. The maximum atomic E-state index is 5.24. The summed E-state index contributed by atoms with van der Waals surface area (Å²) >= 11 is 0. The predicted molar refractivity (Wildman–Crippen MR) is 241 cm³/mol. The van der Waals surface area contributed by atoms with Crippen LogP contribution in [-0.2, 0) is 10.8 Å². The van der Waals surface area contributed by atoms with Crippen LogP contribution >= 0.6 is 0 Å². The van der Waals surface area contributed by atoms with E-state index in [4.69, 9.17) is 21.5 Å². The molecule has 6 aromatic carbocycles. The summed E-state index contributed by atoms with van der Waals surface area (Å²) in [6.07, 6.45) is 17.1. The van der Waals surface area contributed by atoms with Crippen molar-refractivity contribution in [1.29, 1.82) is 0 Å². The highest BCUT2D eigenvalue weighted by molar-refractivity contribution is 5.96. The van der Waals surface area contributed by atoms with Gasteiger partial charge in [0.05, 0.1) is 10.8 Å². The van der Waals surface area contributed by atoms with Crippen molar-refractivity contribution in [3.63, 3.8) is 0 Å². The Kier molecular flexibility index (Phi) is 8.13. The van der Waals surface area contributed by atoms with E-state index in [1.165, 1.54) is 61.2 Å². The molecule has 0 aliphatic heterocycles. The lowest BCUT2D eigenvalue weighted by atomic mass is 9.48. The van der Waals surface area contributed by atoms with Gasteiger partial charge in [0, 0.05) is 17.0 Å². The largest absolute Gasteiger partial charge is 0.212 e. The highest BCUT2D eigenvalue weighted by Crippen LogP contribution is 2.70. The second-order valence-electron chi connectivity index (χ2n) is 15.8. The minimum Gasteiger partial charge on any atom is -0.212 e. The summed E-state index contributed by atoms with van der Waals surface area (Å²) in [5.74, 6) is 1.94. The van der Waals surface area contributed by atoms with Crippen LogP contribution in [0.25, 0.3) is 45.0 Å². The van der Waals surface area contributed by atoms with Gasteiger partial charge in [0.1, 0.15) is 5.82 Å². The summed E-state index contributed by atoms with van der Waals surface area (Å²) in [7, 11) is 0.